The van der Waals surface area contributed by atoms with Crippen LogP contribution in [0, 0.1) is 0 Å². The van der Waals surface area contributed by atoms with Crippen molar-refractivity contribution in [3.8, 4) is 0 Å². The minimum atomic E-state index is -0.412. The number of benzene rings is 1. The van der Waals surface area contributed by atoms with E-state index >= 15 is 0 Å². The van der Waals surface area contributed by atoms with E-state index < -0.39 is 5.97 Å². The number of nitrogens with zero attached hydrogens (tertiary/aromatic N) is 1. The third-order valence-corrected chi connectivity index (χ3v) is 4.20. The molecular formula is C17H20BrNO3S. The van der Waals surface area contributed by atoms with Crippen molar-refractivity contribution in [2.75, 3.05) is 27.0 Å². The van der Waals surface area contributed by atoms with Gasteiger partial charge < -0.3 is 9.64 Å². The summed E-state index contributed by atoms with van der Waals surface area (Å²) in [6.07, 6.45) is 5.10. The summed E-state index contributed by atoms with van der Waals surface area (Å²) in [5.41, 5.74) is 0.992. The van der Waals surface area contributed by atoms with Gasteiger partial charge in [0, 0.05) is 24.1 Å². The maximum Gasteiger partial charge on any atom is 0.354 e. The van der Waals surface area contributed by atoms with Gasteiger partial charge in [0.25, 0.3) is 0 Å². The molecule has 0 aromatic heterocycles. The van der Waals surface area contributed by atoms with E-state index in [0.29, 0.717) is 22.8 Å². The highest BCUT2D eigenvalue weighted by molar-refractivity contribution is 9.10. The smallest absolute Gasteiger partial charge is 0.354 e. The molecule has 0 saturated carbocycles. The van der Waals surface area contributed by atoms with Crippen molar-refractivity contribution in [2.24, 2.45) is 0 Å². The Morgan fingerprint density at radius 2 is 1.83 bits per heavy atom. The maximum atomic E-state index is 12.5. The summed E-state index contributed by atoms with van der Waals surface area (Å²) in [5.74, 6) is -0.492. The highest BCUT2D eigenvalue weighted by atomic mass is 79.9. The van der Waals surface area contributed by atoms with Crippen LogP contribution in [0.5, 0.6) is 0 Å². The van der Waals surface area contributed by atoms with Crippen LogP contribution in [0.4, 0.5) is 0 Å². The molecule has 0 saturated heterocycles. The zero-order valence-corrected chi connectivity index (χ0v) is 16.0. The average molecular weight is 398 g/mol. The molecule has 1 aromatic carbocycles. The molecule has 124 valence electrons. The van der Waals surface area contributed by atoms with Gasteiger partial charge in [-0.05, 0) is 49.6 Å². The first kappa shape index (κ1) is 19.5. The first-order valence-electron chi connectivity index (χ1n) is 7.01. The van der Waals surface area contributed by atoms with Crippen LogP contribution in [-0.4, -0.2) is 43.6 Å². The Kier molecular flexibility index (Phi) is 8.12. The molecule has 0 bridgehead atoms. The van der Waals surface area contributed by atoms with E-state index in [1.165, 1.54) is 11.8 Å². The standard InChI is InChI=1S/C17H20BrNO3S/c1-5-22-17(21)14(19(2)3)10-11-15(23-4)16(20)12-6-8-13(18)9-7-12/h6-11H,5H2,1-4H3. The van der Waals surface area contributed by atoms with Gasteiger partial charge in [0.1, 0.15) is 5.70 Å². The molecule has 0 atom stereocenters. The molecule has 0 N–H and O–H groups in total. The zero-order chi connectivity index (χ0) is 17.4. The van der Waals surface area contributed by atoms with Crippen molar-refractivity contribution in [3.63, 3.8) is 0 Å². The SMILES string of the molecule is CCOC(=O)C(=CC=C(SC)C(=O)c1ccc(Br)cc1)N(C)C. The van der Waals surface area contributed by atoms with Crippen LogP contribution in [-0.2, 0) is 9.53 Å². The molecule has 0 fully saturated rings. The second-order valence-electron chi connectivity index (χ2n) is 4.74. The van der Waals surface area contributed by atoms with Crippen LogP contribution in [0.3, 0.4) is 0 Å². The van der Waals surface area contributed by atoms with Gasteiger partial charge in [-0.25, -0.2) is 4.79 Å². The lowest BCUT2D eigenvalue weighted by molar-refractivity contribution is -0.140. The van der Waals surface area contributed by atoms with Crippen molar-refractivity contribution in [1.82, 2.24) is 4.90 Å². The Balaban J connectivity index is 3.08. The number of ether oxygens (including phenoxy) is 1. The first-order chi connectivity index (χ1) is 10.9. The number of carbonyl (C=O) groups excluding carboxylic acids is 2. The number of allylic oxidation sites excluding steroid dienone is 3. The number of likely N-dealkylation sites (N-methyl/N-ethyl adjacent to an activating group) is 1. The molecule has 0 aliphatic rings. The fraction of sp³-hybridized carbons (Fsp3) is 0.294. The van der Waals surface area contributed by atoms with Crippen LogP contribution < -0.4 is 0 Å². The summed E-state index contributed by atoms with van der Waals surface area (Å²) in [6.45, 7) is 2.06. The Hall–Kier alpha value is -1.53. The minimum Gasteiger partial charge on any atom is -0.461 e. The molecule has 23 heavy (non-hydrogen) atoms. The zero-order valence-electron chi connectivity index (χ0n) is 13.6. The van der Waals surface area contributed by atoms with Crippen LogP contribution in [0.15, 0.2) is 51.5 Å². The van der Waals surface area contributed by atoms with Gasteiger partial charge in [-0.2, -0.15) is 0 Å². The molecule has 0 amide bonds. The molecule has 6 heteroatoms. The number of hydrogen-bond acceptors (Lipinski definition) is 5. The summed E-state index contributed by atoms with van der Waals surface area (Å²) >= 11 is 4.69. The lowest BCUT2D eigenvalue weighted by atomic mass is 10.1. The molecule has 0 unspecified atom stereocenters. The van der Waals surface area contributed by atoms with E-state index in [1.807, 2.05) is 18.4 Å². The van der Waals surface area contributed by atoms with E-state index in [9.17, 15) is 9.59 Å². The largest absolute Gasteiger partial charge is 0.461 e. The van der Waals surface area contributed by atoms with E-state index in [-0.39, 0.29) is 5.78 Å². The van der Waals surface area contributed by atoms with Gasteiger partial charge in [0.15, 0.2) is 5.78 Å². The predicted octanol–water partition coefficient (Wildman–Crippen LogP) is 3.89. The summed E-state index contributed by atoms with van der Waals surface area (Å²) < 4.78 is 5.93. The van der Waals surface area contributed by atoms with E-state index in [4.69, 9.17) is 4.74 Å². The topological polar surface area (TPSA) is 46.6 Å². The number of thioether (sulfide) groups is 1. The second kappa shape index (κ2) is 9.57. The van der Waals surface area contributed by atoms with Crippen molar-refractivity contribution in [3.05, 3.63) is 57.1 Å². The van der Waals surface area contributed by atoms with E-state index in [0.717, 1.165) is 4.47 Å². The normalized spacial score (nSPS) is 12.0. The van der Waals surface area contributed by atoms with Gasteiger partial charge in [-0.15, -0.1) is 11.8 Å². The van der Waals surface area contributed by atoms with Crippen LogP contribution >= 0.6 is 27.7 Å². The summed E-state index contributed by atoms with van der Waals surface area (Å²) in [5, 5.41) is 0. The van der Waals surface area contributed by atoms with Gasteiger partial charge >= 0.3 is 5.97 Å². The molecule has 0 spiro atoms. The Morgan fingerprint density at radius 1 is 1.22 bits per heavy atom. The summed E-state index contributed by atoms with van der Waals surface area (Å²) in [4.78, 5) is 26.6. The van der Waals surface area contributed by atoms with Crippen molar-refractivity contribution >= 4 is 39.4 Å². The Morgan fingerprint density at radius 3 is 2.30 bits per heavy atom. The van der Waals surface area contributed by atoms with Gasteiger partial charge in [0.05, 0.1) is 11.5 Å². The third kappa shape index (κ3) is 5.88. The highest BCUT2D eigenvalue weighted by Gasteiger charge is 2.14. The number of halogens is 1. The average Bonchev–Trinajstić information content (AvgIpc) is 2.51. The van der Waals surface area contributed by atoms with Crippen molar-refractivity contribution < 1.29 is 14.3 Å². The molecule has 0 aliphatic carbocycles. The Labute approximate surface area is 149 Å². The molecule has 0 heterocycles. The van der Waals surface area contributed by atoms with Crippen LogP contribution in [0.2, 0.25) is 0 Å². The monoisotopic (exact) mass is 397 g/mol. The fourth-order valence-electron chi connectivity index (χ4n) is 1.74. The lowest BCUT2D eigenvalue weighted by Crippen LogP contribution is -2.21. The molecular weight excluding hydrogens is 378 g/mol. The quantitative estimate of drug-likeness (QED) is 0.302. The van der Waals surface area contributed by atoms with Crippen LogP contribution in [0.25, 0.3) is 0 Å². The van der Waals surface area contributed by atoms with Gasteiger partial charge in [-0.1, -0.05) is 15.9 Å². The number of ketones is 1. The van der Waals surface area contributed by atoms with Gasteiger partial charge in [-0.3, -0.25) is 4.79 Å². The number of carbonyl (C=O) groups is 2. The number of Topliss-reactive ketones (excluding diaryl/α,β-unsaturated/α-hetero) is 1. The van der Waals surface area contributed by atoms with Gasteiger partial charge in [0.2, 0.25) is 0 Å². The minimum absolute atomic E-state index is 0.0804. The summed E-state index contributed by atoms with van der Waals surface area (Å²) in [6, 6.07) is 7.17. The first-order valence-corrected chi connectivity index (χ1v) is 9.03. The fourth-order valence-corrected chi connectivity index (χ4v) is 2.51. The number of rotatable bonds is 7. The lowest BCUT2D eigenvalue weighted by Gasteiger charge is -2.15. The van der Waals surface area contributed by atoms with Crippen LogP contribution in [0.1, 0.15) is 17.3 Å². The number of hydrogen-bond donors (Lipinski definition) is 0. The van der Waals surface area contributed by atoms with Crippen molar-refractivity contribution in [2.45, 2.75) is 6.92 Å². The molecule has 0 radical (unpaired) electrons. The third-order valence-electron chi connectivity index (χ3n) is 2.91. The predicted molar refractivity (Wildman–Crippen MR) is 98.5 cm³/mol. The Bertz CT molecular complexity index is 621. The second-order valence-corrected chi connectivity index (χ2v) is 6.50. The molecule has 4 nitrogen and oxygen atoms in total. The summed E-state index contributed by atoms with van der Waals surface area (Å²) in [7, 11) is 3.51. The molecule has 1 rings (SSSR count). The highest BCUT2D eigenvalue weighted by Crippen LogP contribution is 2.20. The van der Waals surface area contributed by atoms with E-state index in [1.54, 1.807) is 50.2 Å². The van der Waals surface area contributed by atoms with Crippen molar-refractivity contribution in [1.29, 1.82) is 0 Å². The molecule has 0 aliphatic heterocycles. The maximum absolute atomic E-state index is 12.5. The number of esters is 1. The van der Waals surface area contributed by atoms with E-state index in [2.05, 4.69) is 15.9 Å². The molecule has 1 aromatic rings.